The van der Waals surface area contributed by atoms with Gasteiger partial charge in [0.25, 0.3) is 0 Å². The number of piperazine rings is 1. The number of sulfonamides is 1. The molecule has 0 spiro atoms. The van der Waals surface area contributed by atoms with Gasteiger partial charge in [0.15, 0.2) is 0 Å². The van der Waals surface area contributed by atoms with Gasteiger partial charge in [-0.15, -0.1) is 0 Å². The molecule has 0 aromatic carbocycles. The SMILES string of the molecule is CCCS(=O)(=O)N1CCN(c2ccc(OCC3CCN(C(=O)O)CC3)cn2)C(=O)C1. The van der Waals surface area contributed by atoms with E-state index < -0.39 is 16.1 Å². The van der Waals surface area contributed by atoms with E-state index in [9.17, 15) is 18.0 Å². The zero-order chi connectivity index (χ0) is 21.7. The number of aromatic nitrogens is 1. The summed E-state index contributed by atoms with van der Waals surface area (Å²) in [6.07, 6.45) is 2.70. The Bertz CT molecular complexity index is 852. The number of pyridine rings is 1. The molecule has 11 heteroatoms. The fraction of sp³-hybridized carbons (Fsp3) is 0.632. The van der Waals surface area contributed by atoms with Crippen LogP contribution < -0.4 is 9.64 Å². The predicted molar refractivity (Wildman–Crippen MR) is 110 cm³/mol. The van der Waals surface area contributed by atoms with Crippen molar-refractivity contribution < 1.29 is 27.9 Å². The molecule has 1 aromatic heterocycles. The van der Waals surface area contributed by atoms with E-state index in [1.807, 2.05) is 0 Å². The van der Waals surface area contributed by atoms with Crippen molar-refractivity contribution in [2.24, 2.45) is 5.92 Å². The molecule has 2 fully saturated rings. The fourth-order valence-electron chi connectivity index (χ4n) is 3.64. The lowest BCUT2D eigenvalue weighted by Gasteiger charge is -2.33. The van der Waals surface area contributed by atoms with E-state index in [2.05, 4.69) is 4.98 Å². The maximum Gasteiger partial charge on any atom is 0.407 e. The maximum atomic E-state index is 12.5. The minimum Gasteiger partial charge on any atom is -0.492 e. The molecular weight excluding hydrogens is 412 g/mol. The summed E-state index contributed by atoms with van der Waals surface area (Å²) in [7, 11) is -3.40. The van der Waals surface area contributed by atoms with Gasteiger partial charge in [0.2, 0.25) is 15.9 Å². The number of carbonyl (C=O) groups is 2. The molecule has 3 heterocycles. The molecule has 0 radical (unpaired) electrons. The number of ether oxygens (including phenoxy) is 1. The topological polar surface area (TPSA) is 120 Å². The number of anilines is 1. The van der Waals surface area contributed by atoms with Crippen LogP contribution in [0.4, 0.5) is 10.6 Å². The number of carboxylic acid groups (broad SMARTS) is 1. The summed E-state index contributed by atoms with van der Waals surface area (Å²) in [4.78, 5) is 30.6. The molecule has 0 aliphatic carbocycles. The molecule has 2 aliphatic rings. The number of nitrogens with zero attached hydrogens (tertiary/aromatic N) is 4. The van der Waals surface area contributed by atoms with Crippen LogP contribution >= 0.6 is 0 Å². The first kappa shape index (κ1) is 22.3. The third kappa shape index (κ3) is 5.39. The monoisotopic (exact) mass is 440 g/mol. The van der Waals surface area contributed by atoms with Crippen LogP contribution in [-0.4, -0.2) is 84.8 Å². The summed E-state index contributed by atoms with van der Waals surface area (Å²) in [6, 6.07) is 3.43. The van der Waals surface area contributed by atoms with Crippen molar-refractivity contribution in [1.82, 2.24) is 14.2 Å². The average Bonchev–Trinajstić information content (AvgIpc) is 2.73. The van der Waals surface area contributed by atoms with Gasteiger partial charge in [-0.1, -0.05) is 6.92 Å². The van der Waals surface area contributed by atoms with Gasteiger partial charge in [-0.25, -0.2) is 18.2 Å². The average molecular weight is 441 g/mol. The first-order valence-electron chi connectivity index (χ1n) is 10.1. The van der Waals surface area contributed by atoms with Crippen molar-refractivity contribution in [2.75, 3.05) is 50.0 Å². The molecule has 10 nitrogen and oxygen atoms in total. The second-order valence-corrected chi connectivity index (χ2v) is 9.66. The lowest BCUT2D eigenvalue weighted by atomic mass is 9.98. The number of hydrogen-bond donors (Lipinski definition) is 1. The Kier molecular flexibility index (Phi) is 7.14. The van der Waals surface area contributed by atoms with Crippen molar-refractivity contribution in [2.45, 2.75) is 26.2 Å². The van der Waals surface area contributed by atoms with Crippen molar-refractivity contribution in [3.8, 4) is 5.75 Å². The molecule has 0 saturated carbocycles. The van der Waals surface area contributed by atoms with Gasteiger partial charge < -0.3 is 14.7 Å². The summed E-state index contributed by atoms with van der Waals surface area (Å²) < 4.78 is 31.3. The van der Waals surface area contributed by atoms with E-state index in [0.717, 1.165) is 12.8 Å². The van der Waals surface area contributed by atoms with Crippen molar-refractivity contribution in [1.29, 1.82) is 0 Å². The van der Waals surface area contributed by atoms with Gasteiger partial charge in [-0.2, -0.15) is 4.31 Å². The highest BCUT2D eigenvalue weighted by Crippen LogP contribution is 2.22. The Labute approximate surface area is 176 Å². The molecular formula is C19H28N4O6S. The summed E-state index contributed by atoms with van der Waals surface area (Å²) in [5.41, 5.74) is 0. The third-order valence-electron chi connectivity index (χ3n) is 5.41. The van der Waals surface area contributed by atoms with Crippen LogP contribution in [0.2, 0.25) is 0 Å². The quantitative estimate of drug-likeness (QED) is 0.677. The zero-order valence-corrected chi connectivity index (χ0v) is 17.9. The predicted octanol–water partition coefficient (Wildman–Crippen LogP) is 1.24. The highest BCUT2D eigenvalue weighted by atomic mass is 32.2. The van der Waals surface area contributed by atoms with E-state index in [1.54, 1.807) is 25.3 Å². The van der Waals surface area contributed by atoms with Gasteiger partial charge in [0, 0.05) is 26.2 Å². The molecule has 2 saturated heterocycles. The normalized spacial score (nSPS) is 19.2. The Morgan fingerprint density at radius 3 is 2.53 bits per heavy atom. The summed E-state index contributed by atoms with van der Waals surface area (Å²) >= 11 is 0. The molecule has 0 unspecified atom stereocenters. The minimum absolute atomic E-state index is 0.0416. The van der Waals surface area contributed by atoms with Crippen LogP contribution in [0.5, 0.6) is 5.75 Å². The highest BCUT2D eigenvalue weighted by Gasteiger charge is 2.32. The first-order chi connectivity index (χ1) is 14.3. The van der Waals surface area contributed by atoms with Gasteiger partial charge in [0.1, 0.15) is 11.6 Å². The second-order valence-electron chi connectivity index (χ2n) is 7.57. The molecule has 0 bridgehead atoms. The molecule has 2 aliphatic heterocycles. The number of carbonyl (C=O) groups excluding carboxylic acids is 1. The van der Waals surface area contributed by atoms with Crippen LogP contribution in [0.3, 0.4) is 0 Å². The number of piperidine rings is 1. The van der Waals surface area contributed by atoms with Crippen molar-refractivity contribution in [3.63, 3.8) is 0 Å². The van der Waals surface area contributed by atoms with Crippen molar-refractivity contribution >= 4 is 27.8 Å². The fourth-order valence-corrected chi connectivity index (χ4v) is 5.08. The van der Waals surface area contributed by atoms with Gasteiger partial charge in [0.05, 0.1) is 25.1 Å². The van der Waals surface area contributed by atoms with Gasteiger partial charge >= 0.3 is 6.09 Å². The lowest BCUT2D eigenvalue weighted by Crippen LogP contribution is -2.53. The Morgan fingerprint density at radius 2 is 1.97 bits per heavy atom. The van der Waals surface area contributed by atoms with Crippen LogP contribution in [0, 0.1) is 5.92 Å². The van der Waals surface area contributed by atoms with Crippen LogP contribution in [0.15, 0.2) is 18.3 Å². The molecule has 3 rings (SSSR count). The Balaban J connectivity index is 1.50. The molecule has 30 heavy (non-hydrogen) atoms. The van der Waals surface area contributed by atoms with Crippen LogP contribution in [0.25, 0.3) is 0 Å². The molecule has 1 N–H and O–H groups in total. The van der Waals surface area contributed by atoms with E-state index in [4.69, 9.17) is 9.84 Å². The Hall–Kier alpha value is -2.40. The van der Waals surface area contributed by atoms with Crippen LogP contribution in [0.1, 0.15) is 26.2 Å². The third-order valence-corrected chi connectivity index (χ3v) is 7.43. The van der Waals surface area contributed by atoms with Crippen molar-refractivity contribution in [3.05, 3.63) is 18.3 Å². The Morgan fingerprint density at radius 1 is 1.23 bits per heavy atom. The largest absolute Gasteiger partial charge is 0.492 e. The molecule has 0 atom stereocenters. The van der Waals surface area contributed by atoms with E-state index >= 15 is 0 Å². The second kappa shape index (κ2) is 9.61. The number of hydrogen-bond acceptors (Lipinski definition) is 6. The van der Waals surface area contributed by atoms with E-state index in [1.165, 1.54) is 14.1 Å². The minimum atomic E-state index is -3.40. The molecule has 166 valence electrons. The van der Waals surface area contributed by atoms with Gasteiger partial charge in [-0.3, -0.25) is 9.69 Å². The van der Waals surface area contributed by atoms with E-state index in [0.29, 0.717) is 43.6 Å². The maximum absolute atomic E-state index is 12.5. The van der Waals surface area contributed by atoms with E-state index in [-0.39, 0.29) is 31.3 Å². The van der Waals surface area contributed by atoms with Gasteiger partial charge in [-0.05, 0) is 37.3 Å². The summed E-state index contributed by atoms with van der Waals surface area (Å²) in [5, 5.41) is 8.99. The molecule has 1 aromatic rings. The first-order valence-corrected chi connectivity index (χ1v) is 11.8. The number of amides is 2. The zero-order valence-electron chi connectivity index (χ0n) is 17.1. The molecule has 2 amide bonds. The highest BCUT2D eigenvalue weighted by molar-refractivity contribution is 7.89. The number of likely N-dealkylation sites (tertiary alicyclic amines) is 1. The lowest BCUT2D eigenvalue weighted by molar-refractivity contribution is -0.120. The van der Waals surface area contributed by atoms with Crippen LogP contribution in [-0.2, 0) is 14.8 Å². The number of rotatable bonds is 7. The summed E-state index contributed by atoms with van der Waals surface area (Å²) in [6.45, 7) is 3.66. The smallest absolute Gasteiger partial charge is 0.407 e. The standard InChI is InChI=1S/C19H28N4O6S/c1-2-11-30(27,28)22-9-10-23(18(24)13-22)17-4-3-16(12-20-17)29-14-15-5-7-21(8-6-15)19(25)26/h3-4,12,15H,2,5-11,13-14H2,1H3,(H,25,26). The summed E-state index contributed by atoms with van der Waals surface area (Å²) in [5.74, 6) is 1.08.